The van der Waals surface area contributed by atoms with Crippen molar-refractivity contribution in [2.24, 2.45) is 5.92 Å². The topological polar surface area (TPSA) is 80.6 Å². The Morgan fingerprint density at radius 1 is 1.12 bits per heavy atom. The van der Waals surface area contributed by atoms with E-state index in [9.17, 15) is 9.59 Å². The summed E-state index contributed by atoms with van der Waals surface area (Å²) in [5.41, 5.74) is 0.945. The lowest BCUT2D eigenvalue weighted by Crippen LogP contribution is -2.48. The van der Waals surface area contributed by atoms with Crippen LogP contribution in [-0.4, -0.2) is 48.3 Å². The van der Waals surface area contributed by atoms with E-state index in [0.29, 0.717) is 18.2 Å². The van der Waals surface area contributed by atoms with Crippen molar-refractivity contribution in [1.29, 1.82) is 0 Å². The van der Waals surface area contributed by atoms with E-state index in [4.69, 9.17) is 9.15 Å². The van der Waals surface area contributed by atoms with E-state index in [0.717, 1.165) is 35.7 Å². The monoisotopic (exact) mass is 492 g/mol. The number of benzene rings is 1. The van der Waals surface area contributed by atoms with E-state index >= 15 is 0 Å². The molecular formula is C25H36N2O4S2. The van der Waals surface area contributed by atoms with Gasteiger partial charge in [-0.05, 0) is 48.5 Å². The van der Waals surface area contributed by atoms with Crippen LogP contribution in [-0.2, 0) is 21.9 Å². The highest BCUT2D eigenvalue weighted by Gasteiger charge is 2.21. The van der Waals surface area contributed by atoms with Crippen LogP contribution in [0.15, 0.2) is 53.1 Å². The second kappa shape index (κ2) is 15.9. The van der Waals surface area contributed by atoms with Crippen molar-refractivity contribution in [3.63, 3.8) is 0 Å². The quantitative estimate of drug-likeness (QED) is 0.314. The first kappa shape index (κ1) is 27.3. The second-order valence-corrected chi connectivity index (χ2v) is 10.3. The zero-order valence-electron chi connectivity index (χ0n) is 19.8. The van der Waals surface area contributed by atoms with Gasteiger partial charge in [0.25, 0.3) is 0 Å². The molecule has 1 aromatic heterocycles. The van der Waals surface area contributed by atoms with Gasteiger partial charge < -0.3 is 19.8 Å². The maximum atomic E-state index is 12.7. The molecule has 2 N–H and O–H groups in total. The number of hydrogen-bond acceptors (Lipinski definition) is 7. The molecule has 1 aromatic carbocycles. The molecule has 0 bridgehead atoms. The van der Waals surface area contributed by atoms with Crippen molar-refractivity contribution in [3.8, 4) is 0 Å². The van der Waals surface area contributed by atoms with E-state index in [1.165, 1.54) is 11.8 Å². The number of nitrogens with one attached hydrogen (secondary N) is 2. The highest BCUT2D eigenvalue weighted by atomic mass is 32.2. The average Bonchev–Trinajstić information content (AvgIpc) is 3.31. The highest BCUT2D eigenvalue weighted by molar-refractivity contribution is 7.99. The molecule has 0 fully saturated rings. The maximum absolute atomic E-state index is 12.7. The third-order valence-corrected chi connectivity index (χ3v) is 6.54. The smallest absolute Gasteiger partial charge is 0.407 e. The molecular weight excluding hydrogens is 456 g/mol. The van der Waals surface area contributed by atoms with Gasteiger partial charge in [-0.15, -0.1) is 0 Å². The Kier molecular flexibility index (Phi) is 13.1. The van der Waals surface area contributed by atoms with Gasteiger partial charge in [-0.25, -0.2) is 4.79 Å². The summed E-state index contributed by atoms with van der Waals surface area (Å²) >= 11 is 3.29. The summed E-state index contributed by atoms with van der Waals surface area (Å²) in [5.74, 6) is 3.64. The minimum Gasteiger partial charge on any atom is -0.468 e. The third-order valence-electron chi connectivity index (χ3n) is 4.95. The van der Waals surface area contributed by atoms with E-state index in [2.05, 4.69) is 24.5 Å². The molecule has 33 heavy (non-hydrogen) atoms. The predicted molar refractivity (Wildman–Crippen MR) is 138 cm³/mol. The number of alkyl carbamates (subject to hydrolysis) is 1. The van der Waals surface area contributed by atoms with Crippen LogP contribution in [0.3, 0.4) is 0 Å². The molecule has 8 heteroatoms. The minimum atomic E-state index is -0.438. The fourth-order valence-corrected chi connectivity index (χ4v) is 4.76. The summed E-state index contributed by atoms with van der Waals surface area (Å²) < 4.78 is 10.8. The summed E-state index contributed by atoms with van der Waals surface area (Å²) in [6, 6.07) is 13.1. The standard InChI is InChI=1S/C25H36N2O4S2/c1-19(2)14-21(27-25(29)31-16-20-8-5-4-6-9-20)15-26-23(24(28)18-32-3)11-13-33-17-22-10-7-12-30-22/h4-10,12,19,21,23,26H,11,13-18H2,1-3H3,(H,27,29). The first-order valence-corrected chi connectivity index (χ1v) is 13.8. The summed E-state index contributed by atoms with van der Waals surface area (Å²) in [6.07, 6.45) is 4.70. The van der Waals surface area contributed by atoms with Crippen molar-refractivity contribution in [3.05, 3.63) is 60.1 Å². The number of carbonyl (C=O) groups is 2. The van der Waals surface area contributed by atoms with Crippen molar-refractivity contribution in [2.45, 2.75) is 51.1 Å². The highest BCUT2D eigenvalue weighted by Crippen LogP contribution is 2.15. The normalized spacial score (nSPS) is 13.0. The Labute approximate surface area is 206 Å². The molecule has 2 rings (SSSR count). The molecule has 0 aliphatic carbocycles. The van der Waals surface area contributed by atoms with E-state index in [1.54, 1.807) is 18.0 Å². The first-order valence-electron chi connectivity index (χ1n) is 11.3. The van der Waals surface area contributed by atoms with Gasteiger partial charge in [-0.2, -0.15) is 23.5 Å². The average molecular weight is 493 g/mol. The fourth-order valence-electron chi connectivity index (χ4n) is 3.37. The molecule has 0 aliphatic rings. The van der Waals surface area contributed by atoms with Crippen LogP contribution in [0.5, 0.6) is 0 Å². The Morgan fingerprint density at radius 3 is 2.58 bits per heavy atom. The van der Waals surface area contributed by atoms with Crippen molar-refractivity contribution in [1.82, 2.24) is 10.6 Å². The molecule has 1 heterocycles. The van der Waals surface area contributed by atoms with E-state index in [-0.39, 0.29) is 24.5 Å². The molecule has 2 aromatic rings. The molecule has 2 atom stereocenters. The molecule has 2 unspecified atom stereocenters. The molecule has 182 valence electrons. The molecule has 0 saturated carbocycles. The van der Waals surface area contributed by atoms with Crippen molar-refractivity contribution < 1.29 is 18.7 Å². The summed E-state index contributed by atoms with van der Waals surface area (Å²) in [5, 5.41) is 6.39. The minimum absolute atomic E-state index is 0.117. The molecule has 0 radical (unpaired) electrons. The van der Waals surface area contributed by atoms with Gasteiger partial charge >= 0.3 is 6.09 Å². The number of ether oxygens (including phenoxy) is 1. The van der Waals surface area contributed by atoms with Crippen LogP contribution in [0, 0.1) is 5.92 Å². The molecule has 0 spiro atoms. The summed E-state index contributed by atoms with van der Waals surface area (Å²) in [7, 11) is 0. The molecule has 0 aliphatic heterocycles. The first-order chi connectivity index (χ1) is 16.0. The SMILES string of the molecule is CSCC(=O)C(CCSCc1ccco1)NCC(CC(C)C)NC(=O)OCc1ccccc1. The number of carbonyl (C=O) groups excluding carboxylic acids is 2. The Morgan fingerprint density at radius 2 is 1.91 bits per heavy atom. The molecule has 6 nitrogen and oxygen atoms in total. The molecule has 1 amide bonds. The lowest BCUT2D eigenvalue weighted by molar-refractivity contribution is -0.118. The van der Waals surface area contributed by atoms with Crippen LogP contribution < -0.4 is 10.6 Å². The fraction of sp³-hybridized carbons (Fsp3) is 0.520. The third kappa shape index (κ3) is 11.7. The Bertz CT molecular complexity index is 800. The lowest BCUT2D eigenvalue weighted by Gasteiger charge is -2.24. The number of furan rings is 1. The number of rotatable bonds is 16. The van der Waals surface area contributed by atoms with E-state index < -0.39 is 6.09 Å². The van der Waals surface area contributed by atoms with Crippen LogP contribution in [0.1, 0.15) is 38.0 Å². The number of Topliss-reactive ketones (excluding diaryl/α,β-unsaturated/α-hetero) is 1. The lowest BCUT2D eigenvalue weighted by atomic mass is 10.0. The molecule has 0 saturated heterocycles. The van der Waals surface area contributed by atoms with Crippen molar-refractivity contribution >= 4 is 35.4 Å². The largest absolute Gasteiger partial charge is 0.468 e. The second-order valence-electron chi connectivity index (χ2n) is 8.31. The predicted octanol–water partition coefficient (Wildman–Crippen LogP) is 5.13. The van der Waals surface area contributed by atoms with Crippen LogP contribution in [0.4, 0.5) is 4.79 Å². The maximum Gasteiger partial charge on any atom is 0.407 e. The van der Waals surface area contributed by atoms with Crippen LogP contribution in [0.25, 0.3) is 0 Å². The zero-order chi connectivity index (χ0) is 23.9. The van der Waals surface area contributed by atoms with Gasteiger partial charge in [-0.1, -0.05) is 44.2 Å². The number of thioether (sulfide) groups is 2. The van der Waals surface area contributed by atoms with Crippen LogP contribution in [0.2, 0.25) is 0 Å². The summed E-state index contributed by atoms with van der Waals surface area (Å²) in [4.78, 5) is 25.0. The Hall–Kier alpha value is -1.90. The van der Waals surface area contributed by atoms with Gasteiger partial charge in [-0.3, -0.25) is 4.79 Å². The zero-order valence-corrected chi connectivity index (χ0v) is 21.4. The van der Waals surface area contributed by atoms with Gasteiger partial charge in [0, 0.05) is 12.6 Å². The van der Waals surface area contributed by atoms with Gasteiger partial charge in [0.05, 0.1) is 23.8 Å². The van der Waals surface area contributed by atoms with E-state index in [1.807, 2.05) is 48.7 Å². The van der Waals surface area contributed by atoms with Crippen molar-refractivity contribution in [2.75, 3.05) is 24.3 Å². The number of amides is 1. The number of hydrogen-bond donors (Lipinski definition) is 2. The number of ketones is 1. The van der Waals surface area contributed by atoms with Gasteiger partial charge in [0.15, 0.2) is 5.78 Å². The Balaban J connectivity index is 1.84. The van der Waals surface area contributed by atoms with Gasteiger partial charge in [0.1, 0.15) is 12.4 Å². The van der Waals surface area contributed by atoms with Gasteiger partial charge in [0.2, 0.25) is 0 Å². The van der Waals surface area contributed by atoms with Crippen LogP contribution >= 0.6 is 23.5 Å². The summed E-state index contributed by atoms with van der Waals surface area (Å²) in [6.45, 7) is 4.99.